The van der Waals surface area contributed by atoms with Crippen molar-refractivity contribution in [3.05, 3.63) is 0 Å². The number of hydrogen-bond acceptors (Lipinski definition) is 4. The number of nitrogens with zero attached hydrogens (tertiary/aromatic N) is 1. The van der Waals surface area contributed by atoms with Gasteiger partial charge in [0.25, 0.3) is 0 Å². The third-order valence-corrected chi connectivity index (χ3v) is 4.62. The first-order chi connectivity index (χ1) is 9.15. The average molecular weight is 285 g/mol. The maximum atomic E-state index is 12.5. The van der Waals surface area contributed by atoms with Crippen LogP contribution in [0.25, 0.3) is 0 Å². The Morgan fingerprint density at radius 2 is 2.10 bits per heavy atom. The molecule has 5 nitrogen and oxygen atoms in total. The van der Waals surface area contributed by atoms with Gasteiger partial charge in [-0.25, -0.2) is 0 Å². The SMILES string of the molecule is CCOC1CC(N)(C(=O)NC(C)CCN(C)C)C1(C)C. The Labute approximate surface area is 123 Å². The van der Waals surface area contributed by atoms with E-state index in [4.69, 9.17) is 10.5 Å². The van der Waals surface area contributed by atoms with Gasteiger partial charge in [-0.2, -0.15) is 0 Å². The van der Waals surface area contributed by atoms with Crippen molar-refractivity contribution >= 4 is 5.91 Å². The van der Waals surface area contributed by atoms with Crippen molar-refractivity contribution in [2.75, 3.05) is 27.2 Å². The topological polar surface area (TPSA) is 67.6 Å². The smallest absolute Gasteiger partial charge is 0.241 e. The fraction of sp³-hybridized carbons (Fsp3) is 0.933. The first-order valence-corrected chi connectivity index (χ1v) is 7.51. The highest BCUT2D eigenvalue weighted by atomic mass is 16.5. The van der Waals surface area contributed by atoms with Crippen LogP contribution in [0.3, 0.4) is 0 Å². The minimum Gasteiger partial charge on any atom is -0.378 e. The van der Waals surface area contributed by atoms with Crippen LogP contribution < -0.4 is 11.1 Å². The Morgan fingerprint density at radius 3 is 2.55 bits per heavy atom. The summed E-state index contributed by atoms with van der Waals surface area (Å²) in [7, 11) is 4.06. The molecular weight excluding hydrogens is 254 g/mol. The monoisotopic (exact) mass is 285 g/mol. The number of rotatable bonds is 7. The van der Waals surface area contributed by atoms with Gasteiger partial charge in [0.2, 0.25) is 5.91 Å². The Kier molecular flexibility index (Phi) is 5.58. The van der Waals surface area contributed by atoms with E-state index in [9.17, 15) is 4.79 Å². The lowest BCUT2D eigenvalue weighted by molar-refractivity contribution is -0.171. The van der Waals surface area contributed by atoms with Gasteiger partial charge in [0.15, 0.2) is 0 Å². The lowest BCUT2D eigenvalue weighted by atomic mass is 9.54. The molecule has 1 saturated carbocycles. The molecule has 1 fully saturated rings. The predicted octanol–water partition coefficient (Wildman–Crippen LogP) is 0.975. The molecule has 20 heavy (non-hydrogen) atoms. The molecule has 0 spiro atoms. The summed E-state index contributed by atoms with van der Waals surface area (Å²) in [6.07, 6.45) is 1.59. The second kappa shape index (κ2) is 6.41. The van der Waals surface area contributed by atoms with Gasteiger partial charge >= 0.3 is 0 Å². The fourth-order valence-electron chi connectivity index (χ4n) is 2.70. The summed E-state index contributed by atoms with van der Waals surface area (Å²) in [6, 6.07) is 0.132. The van der Waals surface area contributed by atoms with Crippen molar-refractivity contribution in [3.8, 4) is 0 Å². The molecule has 0 saturated heterocycles. The maximum absolute atomic E-state index is 12.5. The van der Waals surface area contributed by atoms with Crippen LogP contribution in [0.15, 0.2) is 0 Å². The van der Waals surface area contributed by atoms with E-state index in [0.29, 0.717) is 13.0 Å². The van der Waals surface area contributed by atoms with Crippen molar-refractivity contribution in [1.29, 1.82) is 0 Å². The fourth-order valence-corrected chi connectivity index (χ4v) is 2.70. The summed E-state index contributed by atoms with van der Waals surface area (Å²) in [5.41, 5.74) is 5.20. The lowest BCUT2D eigenvalue weighted by Gasteiger charge is -2.57. The number of ether oxygens (including phenoxy) is 1. The third-order valence-electron chi connectivity index (χ3n) is 4.62. The van der Waals surface area contributed by atoms with E-state index < -0.39 is 5.54 Å². The van der Waals surface area contributed by atoms with E-state index in [-0.39, 0.29) is 23.5 Å². The molecule has 0 heterocycles. The van der Waals surface area contributed by atoms with Crippen molar-refractivity contribution in [3.63, 3.8) is 0 Å². The molecule has 0 bridgehead atoms. The van der Waals surface area contributed by atoms with E-state index in [0.717, 1.165) is 13.0 Å². The molecule has 118 valence electrons. The molecule has 3 unspecified atom stereocenters. The Hall–Kier alpha value is -0.650. The number of carbonyl (C=O) groups is 1. The molecule has 1 aliphatic carbocycles. The number of amides is 1. The number of nitrogens with two attached hydrogens (primary N) is 1. The van der Waals surface area contributed by atoms with Crippen LogP contribution in [0.5, 0.6) is 0 Å². The molecule has 5 heteroatoms. The summed E-state index contributed by atoms with van der Waals surface area (Å²) in [5, 5.41) is 3.05. The highest BCUT2D eigenvalue weighted by Crippen LogP contribution is 2.49. The van der Waals surface area contributed by atoms with Crippen LogP contribution in [0.4, 0.5) is 0 Å². The number of hydrogen-bond donors (Lipinski definition) is 2. The molecule has 0 aromatic carbocycles. The van der Waals surface area contributed by atoms with Crippen LogP contribution in [0.1, 0.15) is 40.5 Å². The lowest BCUT2D eigenvalue weighted by Crippen LogP contribution is -2.76. The molecular formula is C15H31N3O2. The first-order valence-electron chi connectivity index (χ1n) is 7.51. The van der Waals surface area contributed by atoms with Crippen molar-refractivity contribution in [2.45, 2.75) is 58.2 Å². The Balaban J connectivity index is 2.55. The summed E-state index contributed by atoms with van der Waals surface area (Å²) in [4.78, 5) is 14.6. The molecule has 0 aromatic rings. The van der Waals surface area contributed by atoms with Crippen LogP contribution in [-0.4, -0.2) is 55.7 Å². The zero-order valence-corrected chi connectivity index (χ0v) is 13.8. The van der Waals surface area contributed by atoms with Crippen LogP contribution in [0, 0.1) is 5.41 Å². The van der Waals surface area contributed by atoms with Crippen LogP contribution in [-0.2, 0) is 9.53 Å². The highest BCUT2D eigenvalue weighted by molar-refractivity contribution is 5.89. The summed E-state index contributed by atoms with van der Waals surface area (Å²) >= 11 is 0. The minimum atomic E-state index is -0.820. The van der Waals surface area contributed by atoms with E-state index in [2.05, 4.69) is 10.2 Å². The van der Waals surface area contributed by atoms with Crippen LogP contribution in [0.2, 0.25) is 0 Å². The van der Waals surface area contributed by atoms with Gasteiger partial charge in [-0.1, -0.05) is 13.8 Å². The van der Waals surface area contributed by atoms with E-state index in [1.54, 1.807) is 0 Å². The molecule has 0 radical (unpaired) electrons. The average Bonchev–Trinajstić information content (AvgIpc) is 2.35. The molecule has 3 N–H and O–H groups in total. The molecule has 3 atom stereocenters. The quantitative estimate of drug-likeness (QED) is 0.731. The number of carbonyl (C=O) groups excluding carboxylic acids is 1. The van der Waals surface area contributed by atoms with Gasteiger partial charge in [0.05, 0.1) is 6.10 Å². The predicted molar refractivity (Wildman–Crippen MR) is 81.5 cm³/mol. The van der Waals surface area contributed by atoms with Gasteiger partial charge in [0, 0.05) is 24.5 Å². The second-order valence-electron chi connectivity index (χ2n) is 6.81. The number of nitrogens with one attached hydrogen (secondary N) is 1. The van der Waals surface area contributed by atoms with Gasteiger partial charge in [-0.3, -0.25) is 4.79 Å². The summed E-state index contributed by atoms with van der Waals surface area (Å²) in [6.45, 7) is 9.63. The van der Waals surface area contributed by atoms with E-state index in [1.165, 1.54) is 0 Å². The zero-order valence-electron chi connectivity index (χ0n) is 13.8. The van der Waals surface area contributed by atoms with Gasteiger partial charge < -0.3 is 20.7 Å². The molecule has 1 rings (SSSR count). The minimum absolute atomic E-state index is 0.0512. The molecule has 0 aromatic heterocycles. The van der Waals surface area contributed by atoms with Crippen molar-refractivity contribution < 1.29 is 9.53 Å². The van der Waals surface area contributed by atoms with Crippen molar-refractivity contribution in [2.24, 2.45) is 11.1 Å². The summed E-state index contributed by atoms with van der Waals surface area (Å²) < 4.78 is 5.66. The van der Waals surface area contributed by atoms with E-state index >= 15 is 0 Å². The highest BCUT2D eigenvalue weighted by Gasteiger charge is 2.62. The van der Waals surface area contributed by atoms with Gasteiger partial charge in [0.1, 0.15) is 5.54 Å². The zero-order chi connectivity index (χ0) is 15.6. The largest absolute Gasteiger partial charge is 0.378 e. The standard InChI is InChI=1S/C15H31N3O2/c1-7-20-12-10-15(16,14(12,3)4)13(19)17-11(2)8-9-18(5)6/h11-12H,7-10,16H2,1-6H3,(H,17,19). The van der Waals surface area contributed by atoms with Gasteiger partial charge in [-0.05, 0) is 40.9 Å². The normalized spacial score (nSPS) is 29.9. The molecule has 0 aliphatic heterocycles. The van der Waals surface area contributed by atoms with Crippen molar-refractivity contribution in [1.82, 2.24) is 10.2 Å². The third kappa shape index (κ3) is 3.32. The maximum Gasteiger partial charge on any atom is 0.241 e. The Morgan fingerprint density at radius 1 is 1.50 bits per heavy atom. The first kappa shape index (κ1) is 17.4. The van der Waals surface area contributed by atoms with Gasteiger partial charge in [-0.15, -0.1) is 0 Å². The molecule has 1 amide bonds. The van der Waals surface area contributed by atoms with E-state index in [1.807, 2.05) is 41.8 Å². The molecule has 1 aliphatic rings. The second-order valence-corrected chi connectivity index (χ2v) is 6.81. The van der Waals surface area contributed by atoms with Crippen LogP contribution >= 0.6 is 0 Å². The summed E-state index contributed by atoms with van der Waals surface area (Å²) in [5.74, 6) is -0.0512. The Bertz CT molecular complexity index is 344.